The van der Waals surface area contributed by atoms with Gasteiger partial charge in [0.15, 0.2) is 0 Å². The van der Waals surface area contributed by atoms with Crippen LogP contribution in [-0.4, -0.2) is 11.5 Å². The van der Waals surface area contributed by atoms with Crippen LogP contribution in [0.25, 0.3) is 0 Å². The molecule has 0 saturated carbocycles. The maximum Gasteiger partial charge on any atom is 0.132 e. The number of hydrogen-bond acceptors (Lipinski definition) is 2. The van der Waals surface area contributed by atoms with Crippen molar-refractivity contribution in [3.05, 3.63) is 53.1 Å². The summed E-state index contributed by atoms with van der Waals surface area (Å²) in [6.07, 6.45) is 1.82. The van der Waals surface area contributed by atoms with Crippen LogP contribution < -0.4 is 4.90 Å². The van der Waals surface area contributed by atoms with Crippen LogP contribution in [0.5, 0.6) is 0 Å². The van der Waals surface area contributed by atoms with E-state index in [2.05, 4.69) is 44.9 Å². The molecule has 2 nitrogen and oxygen atoms in total. The third-order valence-electron chi connectivity index (χ3n) is 2.37. The van der Waals surface area contributed by atoms with Crippen molar-refractivity contribution in [2.24, 2.45) is 0 Å². The first kappa shape index (κ1) is 11.1. The molecule has 1 aromatic heterocycles. The van der Waals surface area contributed by atoms with E-state index in [0.29, 0.717) is 0 Å². The molecule has 82 valence electrons. The zero-order valence-corrected chi connectivity index (χ0v) is 10.7. The molecule has 0 unspecified atom stereocenters. The molecule has 0 aliphatic rings. The zero-order chi connectivity index (χ0) is 11.4. The minimum Gasteiger partial charge on any atom is -0.327 e. The number of aromatic nitrogens is 1. The molecule has 1 aromatic carbocycles. The van der Waals surface area contributed by atoms with Crippen molar-refractivity contribution < 1.29 is 0 Å². The van der Waals surface area contributed by atoms with Crippen molar-refractivity contribution in [1.82, 2.24) is 4.98 Å². The van der Waals surface area contributed by atoms with E-state index in [-0.39, 0.29) is 0 Å². The van der Waals surface area contributed by atoms with Gasteiger partial charge in [0.25, 0.3) is 0 Å². The molecule has 0 N–H and O–H groups in total. The fourth-order valence-electron chi connectivity index (χ4n) is 1.61. The number of halogens is 1. The summed E-state index contributed by atoms with van der Waals surface area (Å²) in [6, 6.07) is 14.3. The summed E-state index contributed by atoms with van der Waals surface area (Å²) in [5.74, 6) is 0.969. The number of nitrogens with zero attached hydrogens (tertiary/aromatic N) is 2. The van der Waals surface area contributed by atoms with Crippen LogP contribution in [0.4, 0.5) is 11.5 Å². The van der Waals surface area contributed by atoms with Gasteiger partial charge in [-0.25, -0.2) is 4.98 Å². The quantitative estimate of drug-likeness (QED) is 0.842. The lowest BCUT2D eigenvalue weighted by Crippen LogP contribution is -2.16. The normalized spacial score (nSPS) is 10.1. The van der Waals surface area contributed by atoms with Crippen molar-refractivity contribution >= 4 is 27.4 Å². The van der Waals surface area contributed by atoms with Crippen molar-refractivity contribution in [3.8, 4) is 0 Å². The second kappa shape index (κ2) is 5.12. The van der Waals surface area contributed by atoms with E-state index in [0.717, 1.165) is 16.8 Å². The standard InChI is InChI=1S/C13H13BrN2/c1-2-16(12-6-4-3-5-7-12)13-9-8-11(14)10-15-13/h3-10H,2H2,1H3. The number of pyridine rings is 1. The number of rotatable bonds is 3. The summed E-state index contributed by atoms with van der Waals surface area (Å²) >= 11 is 3.39. The lowest BCUT2D eigenvalue weighted by Gasteiger charge is -2.21. The summed E-state index contributed by atoms with van der Waals surface area (Å²) < 4.78 is 1.00. The Kier molecular flexibility index (Phi) is 3.57. The van der Waals surface area contributed by atoms with E-state index >= 15 is 0 Å². The molecule has 0 radical (unpaired) electrons. The summed E-state index contributed by atoms with van der Waals surface area (Å²) in [5.41, 5.74) is 1.17. The van der Waals surface area contributed by atoms with Gasteiger partial charge in [-0.3, -0.25) is 0 Å². The number of benzene rings is 1. The Balaban J connectivity index is 2.33. The molecule has 2 rings (SSSR count). The van der Waals surface area contributed by atoms with Gasteiger partial charge in [0, 0.05) is 22.9 Å². The second-order valence-corrected chi connectivity index (χ2v) is 4.33. The van der Waals surface area contributed by atoms with Crippen LogP contribution >= 0.6 is 15.9 Å². The van der Waals surface area contributed by atoms with Gasteiger partial charge in [0.1, 0.15) is 5.82 Å². The first-order valence-electron chi connectivity index (χ1n) is 5.25. The Bertz CT molecular complexity index is 439. The maximum atomic E-state index is 4.40. The molecule has 0 aliphatic heterocycles. The Labute approximate surface area is 104 Å². The van der Waals surface area contributed by atoms with E-state index in [9.17, 15) is 0 Å². The molecule has 2 aromatic rings. The summed E-state index contributed by atoms with van der Waals surface area (Å²) in [7, 11) is 0. The molecule has 1 heterocycles. The van der Waals surface area contributed by atoms with Crippen molar-refractivity contribution in [2.45, 2.75) is 6.92 Å². The highest BCUT2D eigenvalue weighted by Crippen LogP contribution is 2.23. The largest absolute Gasteiger partial charge is 0.327 e. The highest BCUT2D eigenvalue weighted by molar-refractivity contribution is 9.10. The first-order valence-corrected chi connectivity index (χ1v) is 6.04. The molecule has 0 bridgehead atoms. The van der Waals surface area contributed by atoms with Crippen molar-refractivity contribution in [3.63, 3.8) is 0 Å². The predicted molar refractivity (Wildman–Crippen MR) is 71.1 cm³/mol. The average Bonchev–Trinajstić information content (AvgIpc) is 2.34. The van der Waals surface area contributed by atoms with Crippen LogP contribution in [0.2, 0.25) is 0 Å². The summed E-state index contributed by atoms with van der Waals surface area (Å²) in [5, 5.41) is 0. The topological polar surface area (TPSA) is 16.1 Å². The molecule has 0 atom stereocenters. The zero-order valence-electron chi connectivity index (χ0n) is 9.10. The molecule has 0 aliphatic carbocycles. The minimum atomic E-state index is 0.901. The van der Waals surface area contributed by atoms with Crippen LogP contribution in [0.1, 0.15) is 6.92 Å². The van der Waals surface area contributed by atoms with Crippen LogP contribution in [0.3, 0.4) is 0 Å². The molecule has 0 fully saturated rings. The van der Waals surface area contributed by atoms with Gasteiger partial charge in [-0.15, -0.1) is 0 Å². The van der Waals surface area contributed by atoms with E-state index in [1.807, 2.05) is 36.5 Å². The smallest absolute Gasteiger partial charge is 0.132 e. The highest BCUT2D eigenvalue weighted by Gasteiger charge is 2.06. The maximum absolute atomic E-state index is 4.40. The summed E-state index contributed by atoms with van der Waals surface area (Å²) in [4.78, 5) is 6.58. The monoisotopic (exact) mass is 276 g/mol. The molecule has 16 heavy (non-hydrogen) atoms. The Morgan fingerprint density at radius 1 is 1.12 bits per heavy atom. The number of anilines is 2. The van der Waals surface area contributed by atoms with E-state index in [1.165, 1.54) is 5.69 Å². The number of para-hydroxylation sites is 1. The van der Waals surface area contributed by atoms with Crippen LogP contribution in [0, 0.1) is 0 Å². The Morgan fingerprint density at radius 3 is 2.44 bits per heavy atom. The molecule has 0 saturated heterocycles. The highest BCUT2D eigenvalue weighted by atomic mass is 79.9. The predicted octanol–water partition coefficient (Wildman–Crippen LogP) is 4.00. The lowest BCUT2D eigenvalue weighted by atomic mass is 10.3. The fourth-order valence-corrected chi connectivity index (χ4v) is 1.85. The first-order chi connectivity index (χ1) is 7.81. The third-order valence-corrected chi connectivity index (χ3v) is 2.84. The van der Waals surface area contributed by atoms with Gasteiger partial charge in [-0.05, 0) is 47.1 Å². The Morgan fingerprint density at radius 2 is 1.88 bits per heavy atom. The Hall–Kier alpha value is -1.35. The van der Waals surface area contributed by atoms with Gasteiger partial charge < -0.3 is 4.90 Å². The molecular formula is C13H13BrN2. The summed E-state index contributed by atoms with van der Waals surface area (Å²) in [6.45, 7) is 3.02. The minimum absolute atomic E-state index is 0.901. The molecular weight excluding hydrogens is 264 g/mol. The second-order valence-electron chi connectivity index (χ2n) is 3.41. The van der Waals surface area contributed by atoms with Crippen molar-refractivity contribution in [2.75, 3.05) is 11.4 Å². The molecule has 0 amide bonds. The van der Waals surface area contributed by atoms with E-state index in [1.54, 1.807) is 0 Å². The SMILES string of the molecule is CCN(c1ccccc1)c1ccc(Br)cn1. The average molecular weight is 277 g/mol. The van der Waals surface area contributed by atoms with Crippen molar-refractivity contribution in [1.29, 1.82) is 0 Å². The fraction of sp³-hybridized carbons (Fsp3) is 0.154. The molecule has 0 spiro atoms. The van der Waals surface area contributed by atoms with Crippen LogP contribution in [-0.2, 0) is 0 Å². The van der Waals surface area contributed by atoms with Gasteiger partial charge in [0.05, 0.1) is 0 Å². The molecule has 3 heteroatoms. The number of hydrogen-bond donors (Lipinski definition) is 0. The van der Waals surface area contributed by atoms with Gasteiger partial charge in [0.2, 0.25) is 0 Å². The lowest BCUT2D eigenvalue weighted by molar-refractivity contribution is 0.988. The van der Waals surface area contributed by atoms with Crippen LogP contribution in [0.15, 0.2) is 53.1 Å². The van der Waals surface area contributed by atoms with Gasteiger partial charge in [-0.1, -0.05) is 18.2 Å². The third kappa shape index (κ3) is 2.42. The van der Waals surface area contributed by atoms with Gasteiger partial charge in [-0.2, -0.15) is 0 Å². The van der Waals surface area contributed by atoms with E-state index < -0.39 is 0 Å². The van der Waals surface area contributed by atoms with E-state index in [4.69, 9.17) is 0 Å². The van der Waals surface area contributed by atoms with Gasteiger partial charge >= 0.3 is 0 Å².